The molecule has 15 heavy (non-hydrogen) atoms. The van der Waals surface area contributed by atoms with E-state index >= 15 is 0 Å². The van der Waals surface area contributed by atoms with Gasteiger partial charge in [-0.2, -0.15) is 0 Å². The summed E-state index contributed by atoms with van der Waals surface area (Å²) in [5.41, 5.74) is 8.48. The number of nitrogens with two attached hydrogens (primary N) is 1. The molecule has 1 saturated heterocycles. The van der Waals surface area contributed by atoms with Crippen LogP contribution in [-0.4, -0.2) is 19.1 Å². The van der Waals surface area contributed by atoms with Crippen LogP contribution in [0.5, 0.6) is 0 Å². The normalized spacial score (nSPS) is 21.8. The largest absolute Gasteiger partial charge is 0.370 e. The maximum atomic E-state index is 6.01. The van der Waals surface area contributed by atoms with E-state index in [9.17, 15) is 0 Å². The molecule has 0 saturated carbocycles. The van der Waals surface area contributed by atoms with Crippen LogP contribution < -0.4 is 10.6 Å². The quantitative estimate of drug-likeness (QED) is 0.795. The van der Waals surface area contributed by atoms with Crippen LogP contribution in [0.4, 0.5) is 5.69 Å². The fourth-order valence-electron chi connectivity index (χ4n) is 2.15. The lowest BCUT2D eigenvalue weighted by Crippen LogP contribution is -2.43. The number of hydrogen-bond acceptors (Lipinski definition) is 2. The minimum Gasteiger partial charge on any atom is -0.370 e. The summed E-state index contributed by atoms with van der Waals surface area (Å²) in [4.78, 5) is 2.34. The standard InChI is InChI=1S/C12H17ClN2/c1-9-4-5-10(13)7-12(9)15-6-2-3-11(14)8-15/h4-5,7,11H,2-3,6,8,14H2,1H3. The maximum Gasteiger partial charge on any atom is 0.0426 e. The molecular formula is C12H17ClN2. The molecule has 0 amide bonds. The third kappa shape index (κ3) is 2.44. The molecule has 3 heteroatoms. The van der Waals surface area contributed by atoms with Gasteiger partial charge in [0.2, 0.25) is 0 Å². The lowest BCUT2D eigenvalue weighted by atomic mass is 10.0. The van der Waals surface area contributed by atoms with Crippen molar-refractivity contribution in [3.05, 3.63) is 28.8 Å². The van der Waals surface area contributed by atoms with Crippen molar-refractivity contribution >= 4 is 17.3 Å². The first kappa shape index (κ1) is 10.8. The Balaban J connectivity index is 2.24. The highest BCUT2D eigenvalue weighted by molar-refractivity contribution is 6.30. The predicted molar refractivity (Wildman–Crippen MR) is 65.6 cm³/mol. The van der Waals surface area contributed by atoms with Crippen molar-refractivity contribution in [2.45, 2.75) is 25.8 Å². The molecule has 1 unspecified atom stereocenters. The summed E-state index contributed by atoms with van der Waals surface area (Å²) < 4.78 is 0. The molecule has 1 fully saturated rings. The number of anilines is 1. The topological polar surface area (TPSA) is 29.3 Å². The molecule has 1 aliphatic rings. The highest BCUT2D eigenvalue weighted by Crippen LogP contribution is 2.26. The van der Waals surface area contributed by atoms with E-state index in [-0.39, 0.29) is 0 Å². The van der Waals surface area contributed by atoms with Gasteiger partial charge in [-0.05, 0) is 37.5 Å². The van der Waals surface area contributed by atoms with Crippen LogP contribution in [0.15, 0.2) is 18.2 Å². The third-order valence-corrected chi connectivity index (χ3v) is 3.20. The first-order valence-electron chi connectivity index (χ1n) is 5.43. The van der Waals surface area contributed by atoms with Crippen LogP contribution >= 0.6 is 11.6 Å². The monoisotopic (exact) mass is 224 g/mol. The average Bonchev–Trinajstić information content (AvgIpc) is 2.22. The zero-order valence-corrected chi connectivity index (χ0v) is 9.80. The zero-order chi connectivity index (χ0) is 10.8. The summed E-state index contributed by atoms with van der Waals surface area (Å²) in [7, 11) is 0. The second-order valence-electron chi connectivity index (χ2n) is 4.28. The van der Waals surface area contributed by atoms with Crippen molar-refractivity contribution in [2.24, 2.45) is 5.73 Å². The SMILES string of the molecule is Cc1ccc(Cl)cc1N1CCCC(N)C1. The number of rotatable bonds is 1. The molecule has 1 aromatic carbocycles. The number of piperidine rings is 1. The Kier molecular flexibility index (Phi) is 3.17. The summed E-state index contributed by atoms with van der Waals surface area (Å²) >= 11 is 6.01. The lowest BCUT2D eigenvalue weighted by Gasteiger charge is -2.33. The maximum absolute atomic E-state index is 6.01. The van der Waals surface area contributed by atoms with E-state index < -0.39 is 0 Å². The first-order chi connectivity index (χ1) is 7.16. The van der Waals surface area contributed by atoms with Gasteiger partial charge in [-0.3, -0.25) is 0 Å². The molecule has 0 radical (unpaired) electrons. The molecule has 1 aromatic rings. The molecule has 0 aromatic heterocycles. The highest BCUT2D eigenvalue weighted by atomic mass is 35.5. The van der Waals surface area contributed by atoms with E-state index in [0.717, 1.165) is 24.5 Å². The number of benzene rings is 1. The molecule has 1 aliphatic heterocycles. The average molecular weight is 225 g/mol. The van der Waals surface area contributed by atoms with E-state index in [4.69, 9.17) is 17.3 Å². The van der Waals surface area contributed by atoms with Gasteiger partial charge in [-0.15, -0.1) is 0 Å². The van der Waals surface area contributed by atoms with E-state index in [1.165, 1.54) is 17.7 Å². The predicted octanol–water partition coefficient (Wildman–Crippen LogP) is 2.58. The molecule has 1 heterocycles. The Hall–Kier alpha value is -0.730. The van der Waals surface area contributed by atoms with E-state index in [1.54, 1.807) is 0 Å². The van der Waals surface area contributed by atoms with Crippen LogP contribution in [0.3, 0.4) is 0 Å². The smallest absolute Gasteiger partial charge is 0.0426 e. The lowest BCUT2D eigenvalue weighted by molar-refractivity contribution is 0.505. The van der Waals surface area contributed by atoms with Crippen molar-refractivity contribution < 1.29 is 0 Å². The molecule has 2 rings (SSSR count). The third-order valence-electron chi connectivity index (χ3n) is 2.97. The summed E-state index contributed by atoms with van der Waals surface area (Å²) in [6, 6.07) is 6.34. The fourth-order valence-corrected chi connectivity index (χ4v) is 2.32. The minimum atomic E-state index is 0.303. The van der Waals surface area contributed by atoms with Gasteiger partial charge in [0.15, 0.2) is 0 Å². The van der Waals surface area contributed by atoms with Gasteiger partial charge in [0.25, 0.3) is 0 Å². The molecule has 82 valence electrons. The zero-order valence-electron chi connectivity index (χ0n) is 9.04. The Labute approximate surface area is 96.0 Å². The van der Waals surface area contributed by atoms with Crippen LogP contribution in [0.1, 0.15) is 18.4 Å². The number of halogens is 1. The van der Waals surface area contributed by atoms with E-state index in [0.29, 0.717) is 6.04 Å². The summed E-state index contributed by atoms with van der Waals surface area (Å²) in [6.45, 7) is 4.15. The summed E-state index contributed by atoms with van der Waals surface area (Å²) in [6.07, 6.45) is 2.31. The Bertz CT molecular complexity index is 351. The van der Waals surface area contributed by atoms with Crippen molar-refractivity contribution in [1.29, 1.82) is 0 Å². The number of hydrogen-bond donors (Lipinski definition) is 1. The molecular weight excluding hydrogens is 208 g/mol. The minimum absolute atomic E-state index is 0.303. The molecule has 0 bridgehead atoms. The molecule has 1 atom stereocenters. The van der Waals surface area contributed by atoms with Gasteiger partial charge in [0.05, 0.1) is 0 Å². The van der Waals surface area contributed by atoms with Crippen LogP contribution in [-0.2, 0) is 0 Å². The summed E-state index contributed by atoms with van der Waals surface area (Å²) in [5.74, 6) is 0. The van der Waals surface area contributed by atoms with Gasteiger partial charge in [-0.25, -0.2) is 0 Å². The van der Waals surface area contributed by atoms with Crippen molar-refractivity contribution in [3.8, 4) is 0 Å². The first-order valence-corrected chi connectivity index (χ1v) is 5.81. The van der Waals surface area contributed by atoms with E-state index in [2.05, 4.69) is 17.9 Å². The molecule has 2 N–H and O–H groups in total. The number of nitrogens with zero attached hydrogens (tertiary/aromatic N) is 1. The van der Waals surface area contributed by atoms with Gasteiger partial charge < -0.3 is 10.6 Å². The van der Waals surface area contributed by atoms with Gasteiger partial charge >= 0.3 is 0 Å². The van der Waals surface area contributed by atoms with Crippen LogP contribution in [0.25, 0.3) is 0 Å². The molecule has 0 aliphatic carbocycles. The molecule has 2 nitrogen and oxygen atoms in total. The highest BCUT2D eigenvalue weighted by Gasteiger charge is 2.18. The van der Waals surface area contributed by atoms with Crippen LogP contribution in [0, 0.1) is 6.92 Å². The van der Waals surface area contributed by atoms with Crippen molar-refractivity contribution in [2.75, 3.05) is 18.0 Å². The van der Waals surface area contributed by atoms with E-state index in [1.807, 2.05) is 12.1 Å². The van der Waals surface area contributed by atoms with Crippen molar-refractivity contribution in [1.82, 2.24) is 0 Å². The summed E-state index contributed by atoms with van der Waals surface area (Å²) in [5, 5.41) is 0.801. The molecule has 0 spiro atoms. The van der Waals surface area contributed by atoms with Crippen molar-refractivity contribution in [3.63, 3.8) is 0 Å². The van der Waals surface area contributed by atoms with Gasteiger partial charge in [0, 0.05) is 29.8 Å². The van der Waals surface area contributed by atoms with Gasteiger partial charge in [-0.1, -0.05) is 17.7 Å². The second-order valence-corrected chi connectivity index (χ2v) is 4.72. The van der Waals surface area contributed by atoms with Crippen LogP contribution in [0.2, 0.25) is 5.02 Å². The Morgan fingerprint density at radius 1 is 1.47 bits per heavy atom. The second kappa shape index (κ2) is 4.42. The van der Waals surface area contributed by atoms with Gasteiger partial charge in [0.1, 0.15) is 0 Å². The fraction of sp³-hybridized carbons (Fsp3) is 0.500. The Morgan fingerprint density at radius 3 is 3.00 bits per heavy atom. The Morgan fingerprint density at radius 2 is 2.27 bits per heavy atom. The number of aryl methyl sites for hydroxylation is 1.